The van der Waals surface area contributed by atoms with Crippen molar-refractivity contribution in [2.45, 2.75) is 6.92 Å². The lowest BCUT2D eigenvalue weighted by atomic mass is 10.0. The van der Waals surface area contributed by atoms with E-state index in [0.29, 0.717) is 0 Å². The largest absolute Gasteiger partial charge is 0.309 e. The summed E-state index contributed by atoms with van der Waals surface area (Å²) in [5.74, 6) is 0.747. The molecule has 0 aliphatic carbocycles. The predicted octanol–water partition coefficient (Wildman–Crippen LogP) is 11.3. The van der Waals surface area contributed by atoms with Crippen molar-refractivity contribution in [3.05, 3.63) is 151 Å². The third-order valence-corrected chi connectivity index (χ3v) is 9.87. The van der Waals surface area contributed by atoms with Crippen LogP contribution in [0, 0.1) is 6.92 Å². The quantitative estimate of drug-likeness (QED) is 0.203. The summed E-state index contributed by atoms with van der Waals surface area (Å²) in [4.78, 5) is 10.3. The topological polar surface area (TPSA) is 30.7 Å². The highest BCUT2D eigenvalue weighted by atomic mass is 32.1. The molecule has 3 heterocycles. The number of hydrogen-bond acceptors (Lipinski definition) is 3. The van der Waals surface area contributed by atoms with Crippen LogP contribution in [-0.4, -0.2) is 14.5 Å². The minimum absolute atomic E-state index is 0.747. The maximum atomic E-state index is 5.19. The summed E-state index contributed by atoms with van der Waals surface area (Å²) < 4.78 is 4.73. The SMILES string of the molecule is Cc1cc(-c2cccc3c2sc2c(-c4ccccc4)nc(-c4ccccc4)nc23)cc(-n2c3ccccc3c3ccccc32)c1. The number of rotatable bonds is 4. The molecule has 0 saturated heterocycles. The molecule has 0 spiro atoms. The number of aryl methyl sites for hydroxylation is 1. The van der Waals surface area contributed by atoms with Gasteiger partial charge in [0.15, 0.2) is 5.82 Å². The minimum Gasteiger partial charge on any atom is -0.309 e. The molecule has 3 nitrogen and oxygen atoms in total. The Morgan fingerprint density at radius 1 is 0.511 bits per heavy atom. The molecule has 6 aromatic carbocycles. The van der Waals surface area contributed by atoms with E-state index in [2.05, 4.69) is 139 Å². The third kappa shape index (κ3) is 4.18. The van der Waals surface area contributed by atoms with Gasteiger partial charge in [-0.1, -0.05) is 121 Å². The standard InChI is InChI=1S/C41H27N3S/c1-26-23-29(25-30(24-26)44-35-21-10-8-17-32(35)33-18-9-11-22-36(33)44)31-19-12-20-34-38-40(45-39(31)34)37(27-13-4-2-5-14-27)42-41(43-38)28-15-6-3-7-16-28/h2-25H,1H3. The molecule has 9 aromatic rings. The van der Waals surface area contributed by atoms with Crippen LogP contribution in [0.4, 0.5) is 0 Å². The Bertz CT molecular complexity index is 2490. The Morgan fingerprint density at radius 2 is 1.13 bits per heavy atom. The molecular formula is C41H27N3S. The lowest BCUT2D eigenvalue weighted by Crippen LogP contribution is -1.95. The Balaban J connectivity index is 1.30. The van der Waals surface area contributed by atoms with Gasteiger partial charge in [0.2, 0.25) is 0 Å². The highest BCUT2D eigenvalue weighted by Crippen LogP contribution is 2.44. The lowest BCUT2D eigenvalue weighted by Gasteiger charge is -2.12. The van der Waals surface area contributed by atoms with Crippen LogP contribution in [0.15, 0.2) is 146 Å². The summed E-state index contributed by atoms with van der Waals surface area (Å²) in [6.45, 7) is 2.19. The molecular weight excluding hydrogens is 567 g/mol. The van der Waals surface area contributed by atoms with Crippen molar-refractivity contribution < 1.29 is 0 Å². The summed E-state index contributed by atoms with van der Waals surface area (Å²) in [5.41, 5.74) is 11.3. The van der Waals surface area contributed by atoms with Crippen LogP contribution >= 0.6 is 11.3 Å². The van der Waals surface area contributed by atoms with Crippen molar-refractivity contribution in [2.24, 2.45) is 0 Å². The Morgan fingerprint density at radius 3 is 1.84 bits per heavy atom. The van der Waals surface area contributed by atoms with Gasteiger partial charge in [-0.05, 0) is 47.9 Å². The van der Waals surface area contributed by atoms with Gasteiger partial charge in [0, 0.05) is 37.7 Å². The average Bonchev–Trinajstić information content (AvgIpc) is 3.64. The third-order valence-electron chi connectivity index (χ3n) is 8.63. The normalized spacial score (nSPS) is 11.7. The predicted molar refractivity (Wildman–Crippen MR) is 190 cm³/mol. The van der Waals surface area contributed by atoms with Gasteiger partial charge in [-0.15, -0.1) is 11.3 Å². The van der Waals surface area contributed by atoms with E-state index in [9.17, 15) is 0 Å². The summed E-state index contributed by atoms with van der Waals surface area (Å²) >= 11 is 1.79. The van der Waals surface area contributed by atoms with Crippen molar-refractivity contribution in [3.63, 3.8) is 0 Å². The highest BCUT2D eigenvalue weighted by molar-refractivity contribution is 7.26. The molecule has 0 N–H and O–H groups in total. The smallest absolute Gasteiger partial charge is 0.160 e. The van der Waals surface area contributed by atoms with Crippen molar-refractivity contribution in [3.8, 4) is 39.5 Å². The Labute approximate surface area is 264 Å². The van der Waals surface area contributed by atoms with Crippen LogP contribution in [0.2, 0.25) is 0 Å². The molecule has 0 fully saturated rings. The summed E-state index contributed by atoms with van der Waals surface area (Å²) in [6, 6.07) is 51.7. The zero-order valence-corrected chi connectivity index (χ0v) is 25.4. The monoisotopic (exact) mass is 593 g/mol. The van der Waals surface area contributed by atoms with Gasteiger partial charge in [0.1, 0.15) is 0 Å². The van der Waals surface area contributed by atoms with Crippen LogP contribution < -0.4 is 0 Å². The molecule has 3 aromatic heterocycles. The zero-order chi connectivity index (χ0) is 29.9. The van der Waals surface area contributed by atoms with Crippen molar-refractivity contribution in [1.29, 1.82) is 0 Å². The first-order valence-electron chi connectivity index (χ1n) is 15.2. The van der Waals surface area contributed by atoms with Crippen molar-refractivity contribution >= 4 is 53.4 Å². The van der Waals surface area contributed by atoms with E-state index in [1.807, 2.05) is 18.2 Å². The van der Waals surface area contributed by atoms with E-state index in [0.717, 1.165) is 43.9 Å². The summed E-state index contributed by atoms with van der Waals surface area (Å²) in [5, 5.41) is 3.69. The molecule has 0 aliphatic heterocycles. The van der Waals surface area contributed by atoms with E-state index in [1.54, 1.807) is 11.3 Å². The number of aromatic nitrogens is 3. The van der Waals surface area contributed by atoms with E-state index in [1.165, 1.54) is 43.2 Å². The van der Waals surface area contributed by atoms with Gasteiger partial charge in [-0.3, -0.25) is 0 Å². The number of hydrogen-bond donors (Lipinski definition) is 0. The van der Waals surface area contributed by atoms with Crippen molar-refractivity contribution in [1.82, 2.24) is 14.5 Å². The number of para-hydroxylation sites is 2. The Hall–Kier alpha value is -5.58. The second kappa shape index (κ2) is 10.3. The molecule has 0 unspecified atom stereocenters. The first-order valence-corrected chi connectivity index (χ1v) is 16.0. The summed E-state index contributed by atoms with van der Waals surface area (Å²) in [7, 11) is 0. The van der Waals surface area contributed by atoms with Crippen LogP contribution in [0.1, 0.15) is 5.56 Å². The molecule has 0 radical (unpaired) electrons. The number of fused-ring (bicyclic) bond motifs is 6. The van der Waals surface area contributed by atoms with E-state index < -0.39 is 0 Å². The fourth-order valence-electron chi connectivity index (χ4n) is 6.65. The maximum Gasteiger partial charge on any atom is 0.160 e. The van der Waals surface area contributed by atoms with E-state index >= 15 is 0 Å². The molecule has 4 heteroatoms. The molecule has 0 bridgehead atoms. The number of benzene rings is 6. The van der Waals surface area contributed by atoms with Gasteiger partial charge in [-0.25, -0.2) is 9.97 Å². The molecule has 9 rings (SSSR count). The molecule has 0 amide bonds. The maximum absolute atomic E-state index is 5.19. The molecule has 0 aliphatic rings. The first-order chi connectivity index (χ1) is 22.2. The number of nitrogens with zero attached hydrogens (tertiary/aromatic N) is 3. The fraction of sp³-hybridized carbons (Fsp3) is 0.0244. The van der Waals surface area contributed by atoms with Crippen molar-refractivity contribution in [2.75, 3.05) is 0 Å². The van der Waals surface area contributed by atoms with Gasteiger partial charge < -0.3 is 4.57 Å². The molecule has 0 saturated carbocycles. The Kier molecular flexibility index (Phi) is 5.90. The minimum atomic E-state index is 0.747. The van der Waals surface area contributed by atoms with E-state index in [-0.39, 0.29) is 0 Å². The molecule has 0 atom stereocenters. The molecule has 45 heavy (non-hydrogen) atoms. The van der Waals surface area contributed by atoms with Crippen LogP contribution in [-0.2, 0) is 0 Å². The second-order valence-corrected chi connectivity index (χ2v) is 12.5. The van der Waals surface area contributed by atoms with Gasteiger partial charge >= 0.3 is 0 Å². The average molecular weight is 594 g/mol. The van der Waals surface area contributed by atoms with E-state index in [4.69, 9.17) is 9.97 Å². The van der Waals surface area contributed by atoms with Crippen LogP contribution in [0.5, 0.6) is 0 Å². The second-order valence-electron chi connectivity index (χ2n) is 11.5. The first kappa shape index (κ1) is 25.9. The van der Waals surface area contributed by atoms with Gasteiger partial charge in [0.25, 0.3) is 0 Å². The zero-order valence-electron chi connectivity index (χ0n) is 24.6. The summed E-state index contributed by atoms with van der Waals surface area (Å²) in [6.07, 6.45) is 0. The highest BCUT2D eigenvalue weighted by Gasteiger charge is 2.19. The molecule has 212 valence electrons. The van der Waals surface area contributed by atoms with Gasteiger partial charge in [-0.2, -0.15) is 0 Å². The number of thiophene rings is 1. The van der Waals surface area contributed by atoms with Crippen LogP contribution in [0.3, 0.4) is 0 Å². The van der Waals surface area contributed by atoms with Gasteiger partial charge in [0.05, 0.1) is 26.9 Å². The lowest BCUT2D eigenvalue weighted by molar-refractivity contribution is 1.17. The fourth-order valence-corrected chi connectivity index (χ4v) is 7.94. The van der Waals surface area contributed by atoms with Crippen LogP contribution in [0.25, 0.3) is 81.6 Å².